The molecule has 1 heterocycles. The number of rotatable bonds is 4. The van der Waals surface area contributed by atoms with Crippen LogP contribution in [0.25, 0.3) is 21.7 Å². The zero-order chi connectivity index (χ0) is 19.7. The fourth-order valence-electron chi connectivity index (χ4n) is 4.32. The van der Waals surface area contributed by atoms with Crippen LogP contribution in [0.15, 0.2) is 58.6 Å². The molecule has 28 heavy (non-hydrogen) atoms. The van der Waals surface area contributed by atoms with Gasteiger partial charge in [-0.3, -0.25) is 14.4 Å². The molecule has 144 valence electrons. The van der Waals surface area contributed by atoms with Gasteiger partial charge in [-0.1, -0.05) is 43.7 Å². The normalized spacial score (nSPS) is 20.2. The van der Waals surface area contributed by atoms with Crippen LogP contribution in [0.1, 0.15) is 37.3 Å². The number of aliphatic imine (C=N–C) groups is 1. The number of nitrogens with zero attached hydrogens (tertiary/aromatic N) is 3. The Kier molecular flexibility index (Phi) is 5.09. The number of aromatic nitrogens is 2. The van der Waals surface area contributed by atoms with Crippen LogP contribution < -0.4 is 5.56 Å². The van der Waals surface area contributed by atoms with E-state index in [0.29, 0.717) is 17.3 Å². The zero-order valence-corrected chi connectivity index (χ0v) is 16.1. The zero-order valence-electron chi connectivity index (χ0n) is 16.1. The first-order valence-corrected chi connectivity index (χ1v) is 9.79. The molecule has 4 rings (SSSR count). The summed E-state index contributed by atoms with van der Waals surface area (Å²) in [5, 5.41) is 13.0. The van der Waals surface area contributed by atoms with Crippen molar-refractivity contribution in [1.29, 1.82) is 0 Å². The highest BCUT2D eigenvalue weighted by Crippen LogP contribution is 2.30. The number of fused-ring (bicyclic) bond motifs is 3. The second-order valence-corrected chi connectivity index (χ2v) is 7.58. The Morgan fingerprint density at radius 3 is 2.79 bits per heavy atom. The highest BCUT2D eigenvalue weighted by atomic mass is 16.3. The number of benzene rings is 2. The molecule has 5 nitrogen and oxygen atoms in total. The lowest BCUT2D eigenvalue weighted by molar-refractivity contribution is 0.0735. The quantitative estimate of drug-likeness (QED) is 0.557. The van der Waals surface area contributed by atoms with Crippen molar-refractivity contribution < 1.29 is 5.11 Å². The number of allylic oxidation sites excluding steroid dienone is 1. The third-order valence-electron chi connectivity index (χ3n) is 5.66. The highest BCUT2D eigenvalue weighted by Gasteiger charge is 2.26. The molecule has 1 N–H and O–H groups in total. The van der Waals surface area contributed by atoms with Crippen LogP contribution in [0.4, 0.5) is 0 Å². The van der Waals surface area contributed by atoms with Gasteiger partial charge >= 0.3 is 0 Å². The summed E-state index contributed by atoms with van der Waals surface area (Å²) in [6.45, 7) is 4.07. The average Bonchev–Trinajstić information content (AvgIpc) is 2.70. The van der Waals surface area contributed by atoms with E-state index in [4.69, 9.17) is 0 Å². The van der Waals surface area contributed by atoms with E-state index in [9.17, 15) is 9.90 Å². The van der Waals surface area contributed by atoms with Gasteiger partial charge in [0.25, 0.3) is 5.56 Å². The van der Waals surface area contributed by atoms with Crippen molar-refractivity contribution in [3.8, 4) is 0 Å². The lowest BCUT2D eigenvalue weighted by atomic mass is 9.92. The van der Waals surface area contributed by atoms with Gasteiger partial charge in [-0.15, -0.1) is 0 Å². The minimum atomic E-state index is -0.494. The Bertz CT molecular complexity index is 1130. The summed E-state index contributed by atoms with van der Waals surface area (Å²) in [6, 6.07) is 9.76. The first kappa shape index (κ1) is 18.6. The van der Waals surface area contributed by atoms with Crippen molar-refractivity contribution in [2.45, 2.75) is 44.2 Å². The first-order valence-electron chi connectivity index (χ1n) is 9.79. The van der Waals surface area contributed by atoms with Crippen LogP contribution in [-0.2, 0) is 6.42 Å². The van der Waals surface area contributed by atoms with E-state index >= 15 is 0 Å². The lowest BCUT2D eigenvalue weighted by Crippen LogP contribution is -2.34. The average molecular weight is 375 g/mol. The van der Waals surface area contributed by atoms with Gasteiger partial charge in [0.2, 0.25) is 0 Å². The molecule has 1 aromatic heterocycles. The number of aliphatic hydroxyl groups is 1. The molecule has 0 amide bonds. The lowest BCUT2D eigenvalue weighted by Gasteiger charge is -2.29. The molecule has 5 heteroatoms. The van der Waals surface area contributed by atoms with Gasteiger partial charge in [0, 0.05) is 18.6 Å². The Morgan fingerprint density at radius 1 is 1.29 bits per heavy atom. The van der Waals surface area contributed by atoms with Crippen LogP contribution in [0.3, 0.4) is 0 Å². The van der Waals surface area contributed by atoms with Crippen LogP contribution in [-0.4, -0.2) is 34.0 Å². The molecule has 0 spiro atoms. The van der Waals surface area contributed by atoms with E-state index in [1.807, 2.05) is 24.3 Å². The molecule has 1 aliphatic rings. The molecule has 1 saturated carbocycles. The Hall–Kier alpha value is -2.79. The summed E-state index contributed by atoms with van der Waals surface area (Å²) in [6.07, 6.45) is 7.04. The maximum absolute atomic E-state index is 13.3. The van der Waals surface area contributed by atoms with Crippen molar-refractivity contribution in [3.05, 3.63) is 64.7 Å². The fourth-order valence-corrected chi connectivity index (χ4v) is 4.32. The third kappa shape index (κ3) is 3.27. The van der Waals surface area contributed by atoms with Crippen molar-refractivity contribution >= 4 is 27.9 Å². The van der Waals surface area contributed by atoms with E-state index in [2.05, 4.69) is 22.6 Å². The van der Waals surface area contributed by atoms with Crippen LogP contribution in [0, 0.1) is 0 Å². The fraction of sp³-hybridized carbons (Fsp3) is 0.348. The topological polar surface area (TPSA) is 67.5 Å². The SMILES string of the molecule is C=C(/C=N\C)Cc1cc2c(=O)n([C@H]3CCCC[C@@H]3O)cnc2c2ccccc12. The predicted molar refractivity (Wildman–Crippen MR) is 114 cm³/mol. The molecular weight excluding hydrogens is 350 g/mol. The number of hydrogen-bond acceptors (Lipinski definition) is 4. The second kappa shape index (κ2) is 7.68. The minimum Gasteiger partial charge on any atom is -0.391 e. The molecular formula is C23H25N3O2. The largest absolute Gasteiger partial charge is 0.391 e. The first-order chi connectivity index (χ1) is 13.6. The maximum atomic E-state index is 13.3. The molecule has 0 bridgehead atoms. The molecule has 1 fully saturated rings. The maximum Gasteiger partial charge on any atom is 0.261 e. The van der Waals surface area contributed by atoms with Crippen LogP contribution in [0.5, 0.6) is 0 Å². The second-order valence-electron chi connectivity index (χ2n) is 7.58. The van der Waals surface area contributed by atoms with E-state index < -0.39 is 6.10 Å². The van der Waals surface area contributed by atoms with Crippen molar-refractivity contribution in [2.75, 3.05) is 7.05 Å². The molecule has 2 aromatic carbocycles. The van der Waals surface area contributed by atoms with Crippen LogP contribution in [0.2, 0.25) is 0 Å². The van der Waals surface area contributed by atoms with Gasteiger partial charge < -0.3 is 5.11 Å². The monoisotopic (exact) mass is 375 g/mol. The minimum absolute atomic E-state index is 0.0854. The molecule has 0 unspecified atom stereocenters. The van der Waals surface area contributed by atoms with Gasteiger partial charge in [0.1, 0.15) is 0 Å². The number of hydrogen-bond donors (Lipinski definition) is 1. The summed E-state index contributed by atoms with van der Waals surface area (Å²) in [7, 11) is 1.72. The van der Waals surface area contributed by atoms with Gasteiger partial charge in [0.05, 0.1) is 29.4 Å². The molecule has 2 atom stereocenters. The van der Waals surface area contributed by atoms with E-state index in [1.165, 1.54) is 0 Å². The van der Waals surface area contributed by atoms with Crippen LogP contribution >= 0.6 is 0 Å². The molecule has 0 aliphatic heterocycles. The van der Waals surface area contributed by atoms with E-state index in [0.717, 1.165) is 47.6 Å². The smallest absolute Gasteiger partial charge is 0.261 e. The van der Waals surface area contributed by atoms with Gasteiger partial charge in [0.15, 0.2) is 0 Å². The Balaban J connectivity index is 1.93. The van der Waals surface area contributed by atoms with Gasteiger partial charge in [-0.05, 0) is 41.9 Å². The Labute approximate surface area is 164 Å². The summed E-state index contributed by atoms with van der Waals surface area (Å²) in [5.74, 6) is 0. The molecule has 1 aliphatic carbocycles. The van der Waals surface area contributed by atoms with E-state index in [-0.39, 0.29) is 11.6 Å². The summed E-state index contributed by atoms with van der Waals surface area (Å²) in [4.78, 5) is 22.0. The number of aliphatic hydroxyl groups excluding tert-OH is 1. The predicted octanol–water partition coefficient (Wildman–Crippen LogP) is 3.83. The van der Waals surface area contributed by atoms with Crippen molar-refractivity contribution in [3.63, 3.8) is 0 Å². The standard InChI is InChI=1S/C23H25N3O2/c1-15(13-24-2)11-16-12-19-22(18-8-4-3-7-17(16)18)25-14-26(23(19)28)20-9-5-6-10-21(20)27/h3-4,7-8,12-14,20-21,27H,1,5-6,9-11H2,2H3/b24-13-/t20-,21-/m0/s1. The van der Waals surface area contributed by atoms with E-state index in [1.54, 1.807) is 24.2 Å². The highest BCUT2D eigenvalue weighted by molar-refractivity contribution is 6.06. The summed E-state index contributed by atoms with van der Waals surface area (Å²) >= 11 is 0. The summed E-state index contributed by atoms with van der Waals surface area (Å²) in [5.41, 5.74) is 2.55. The van der Waals surface area contributed by atoms with Crippen molar-refractivity contribution in [2.24, 2.45) is 4.99 Å². The van der Waals surface area contributed by atoms with Gasteiger partial charge in [-0.2, -0.15) is 0 Å². The van der Waals surface area contributed by atoms with Gasteiger partial charge in [-0.25, -0.2) is 4.98 Å². The van der Waals surface area contributed by atoms with Crippen molar-refractivity contribution in [1.82, 2.24) is 9.55 Å². The summed E-state index contributed by atoms with van der Waals surface area (Å²) < 4.78 is 1.63. The third-order valence-corrected chi connectivity index (χ3v) is 5.66. The molecule has 3 aromatic rings. The molecule has 0 radical (unpaired) electrons. The Morgan fingerprint density at radius 2 is 2.04 bits per heavy atom. The molecule has 0 saturated heterocycles.